The van der Waals surface area contributed by atoms with Gasteiger partial charge in [0.15, 0.2) is 5.78 Å². The molecule has 0 spiro atoms. The van der Waals surface area contributed by atoms with Crippen LogP contribution in [0.15, 0.2) is 23.1 Å². The lowest BCUT2D eigenvalue weighted by atomic mass is 10.1. The molecule has 0 aliphatic carbocycles. The summed E-state index contributed by atoms with van der Waals surface area (Å²) in [4.78, 5) is 25.4. The Morgan fingerprint density at radius 2 is 2.24 bits per heavy atom. The van der Waals surface area contributed by atoms with E-state index in [-0.39, 0.29) is 23.5 Å². The molecular formula is C15H18FNO3S. The predicted molar refractivity (Wildman–Crippen MR) is 79.1 cm³/mol. The van der Waals surface area contributed by atoms with E-state index in [0.717, 1.165) is 11.8 Å². The number of ether oxygens (including phenoxy) is 1. The van der Waals surface area contributed by atoms with Crippen molar-refractivity contribution in [3.8, 4) is 0 Å². The standard InChI is InChI=1S/C15H18FNO3S/c1-10-8-17(5-6-20-10)15(19)9-21-14-4-3-12(11(2)18)7-13(14)16/h3-4,7,10H,5-6,8-9H2,1-2H3. The van der Waals surface area contributed by atoms with E-state index in [1.54, 1.807) is 17.0 Å². The van der Waals surface area contributed by atoms with Crippen LogP contribution in [0.3, 0.4) is 0 Å². The Morgan fingerprint density at radius 1 is 1.48 bits per heavy atom. The van der Waals surface area contributed by atoms with Crippen molar-refractivity contribution < 1.29 is 18.7 Å². The number of amides is 1. The van der Waals surface area contributed by atoms with Crippen LogP contribution >= 0.6 is 11.8 Å². The zero-order valence-corrected chi connectivity index (χ0v) is 12.9. The topological polar surface area (TPSA) is 46.6 Å². The highest BCUT2D eigenvalue weighted by Gasteiger charge is 2.21. The summed E-state index contributed by atoms with van der Waals surface area (Å²) in [5.74, 6) is -0.479. The molecule has 2 rings (SSSR count). The average Bonchev–Trinajstić information content (AvgIpc) is 2.45. The highest BCUT2D eigenvalue weighted by Crippen LogP contribution is 2.23. The van der Waals surface area contributed by atoms with Gasteiger partial charge in [0, 0.05) is 23.5 Å². The number of benzene rings is 1. The molecule has 1 atom stereocenters. The van der Waals surface area contributed by atoms with Crippen LogP contribution in [0.5, 0.6) is 0 Å². The van der Waals surface area contributed by atoms with Gasteiger partial charge in [-0.05, 0) is 26.0 Å². The van der Waals surface area contributed by atoms with Gasteiger partial charge in [-0.3, -0.25) is 9.59 Å². The van der Waals surface area contributed by atoms with E-state index in [1.807, 2.05) is 6.92 Å². The number of morpholine rings is 1. The monoisotopic (exact) mass is 311 g/mol. The second-order valence-corrected chi connectivity index (χ2v) is 6.03. The molecule has 21 heavy (non-hydrogen) atoms. The van der Waals surface area contributed by atoms with E-state index in [4.69, 9.17) is 4.74 Å². The number of carbonyl (C=O) groups excluding carboxylic acids is 2. The molecular weight excluding hydrogens is 293 g/mol. The van der Waals surface area contributed by atoms with Gasteiger partial charge in [0.2, 0.25) is 5.91 Å². The summed E-state index contributed by atoms with van der Waals surface area (Å²) in [6.45, 7) is 5.01. The first-order chi connectivity index (χ1) is 9.97. The third-order valence-corrected chi connectivity index (χ3v) is 4.32. The van der Waals surface area contributed by atoms with Crippen molar-refractivity contribution >= 4 is 23.5 Å². The SMILES string of the molecule is CC(=O)c1ccc(SCC(=O)N2CCOC(C)C2)c(F)c1. The molecule has 0 saturated carbocycles. The lowest BCUT2D eigenvalue weighted by molar-refractivity contribution is -0.135. The van der Waals surface area contributed by atoms with E-state index < -0.39 is 5.82 Å². The maximum atomic E-state index is 13.8. The Morgan fingerprint density at radius 3 is 2.86 bits per heavy atom. The van der Waals surface area contributed by atoms with Crippen molar-refractivity contribution in [3.63, 3.8) is 0 Å². The molecule has 0 bridgehead atoms. The number of hydrogen-bond donors (Lipinski definition) is 0. The molecule has 1 heterocycles. The van der Waals surface area contributed by atoms with Crippen molar-refractivity contribution in [2.45, 2.75) is 24.8 Å². The summed E-state index contributed by atoms with van der Waals surface area (Å²) in [5, 5.41) is 0. The summed E-state index contributed by atoms with van der Waals surface area (Å²) in [6, 6.07) is 4.34. The van der Waals surface area contributed by atoms with Crippen molar-refractivity contribution in [1.29, 1.82) is 0 Å². The Bertz CT molecular complexity index is 550. The van der Waals surface area contributed by atoms with Crippen molar-refractivity contribution in [1.82, 2.24) is 4.90 Å². The molecule has 114 valence electrons. The Hall–Kier alpha value is -1.40. The Kier molecular flexibility index (Phi) is 5.36. The van der Waals surface area contributed by atoms with Crippen molar-refractivity contribution in [3.05, 3.63) is 29.6 Å². The molecule has 4 nitrogen and oxygen atoms in total. The van der Waals surface area contributed by atoms with Gasteiger partial charge < -0.3 is 9.64 Å². The number of thioether (sulfide) groups is 1. The highest BCUT2D eigenvalue weighted by molar-refractivity contribution is 8.00. The molecule has 1 aromatic rings. The van der Waals surface area contributed by atoms with Crippen LogP contribution in [0.1, 0.15) is 24.2 Å². The molecule has 1 aliphatic rings. The van der Waals surface area contributed by atoms with Crippen LogP contribution in [0.2, 0.25) is 0 Å². The summed E-state index contributed by atoms with van der Waals surface area (Å²) in [5.41, 5.74) is 0.338. The number of ketones is 1. The van der Waals surface area contributed by atoms with E-state index in [2.05, 4.69) is 0 Å². The summed E-state index contributed by atoms with van der Waals surface area (Å²) < 4.78 is 19.2. The molecule has 1 aromatic carbocycles. The minimum Gasteiger partial charge on any atom is -0.375 e. The van der Waals surface area contributed by atoms with Gasteiger partial charge >= 0.3 is 0 Å². The van der Waals surface area contributed by atoms with Crippen LogP contribution in [0.25, 0.3) is 0 Å². The van der Waals surface area contributed by atoms with E-state index in [1.165, 1.54) is 13.0 Å². The van der Waals surface area contributed by atoms with Gasteiger partial charge in [-0.25, -0.2) is 4.39 Å². The predicted octanol–water partition coefficient (Wildman–Crippen LogP) is 2.37. The maximum absolute atomic E-state index is 13.8. The minimum atomic E-state index is -0.462. The Labute approximate surface area is 127 Å². The molecule has 1 unspecified atom stereocenters. The van der Waals surface area contributed by atoms with Gasteiger partial charge in [0.25, 0.3) is 0 Å². The Balaban J connectivity index is 1.93. The zero-order chi connectivity index (χ0) is 15.4. The molecule has 1 amide bonds. The van der Waals surface area contributed by atoms with Gasteiger partial charge in [-0.2, -0.15) is 0 Å². The van der Waals surface area contributed by atoms with Crippen LogP contribution < -0.4 is 0 Å². The fourth-order valence-corrected chi connectivity index (χ4v) is 2.94. The first-order valence-electron chi connectivity index (χ1n) is 6.80. The smallest absolute Gasteiger partial charge is 0.233 e. The molecule has 1 saturated heterocycles. The van der Waals surface area contributed by atoms with Gasteiger partial charge in [-0.1, -0.05) is 6.07 Å². The van der Waals surface area contributed by atoms with Crippen LogP contribution in [0.4, 0.5) is 4.39 Å². The average molecular weight is 311 g/mol. The number of nitrogens with zero attached hydrogens (tertiary/aromatic N) is 1. The molecule has 1 fully saturated rings. The first-order valence-corrected chi connectivity index (χ1v) is 7.78. The fourth-order valence-electron chi connectivity index (χ4n) is 2.11. The molecule has 6 heteroatoms. The first kappa shape index (κ1) is 16.0. The maximum Gasteiger partial charge on any atom is 0.233 e. The molecule has 0 N–H and O–H groups in total. The number of carbonyl (C=O) groups is 2. The second-order valence-electron chi connectivity index (χ2n) is 5.01. The molecule has 1 aliphatic heterocycles. The van der Waals surface area contributed by atoms with Crippen molar-refractivity contribution in [2.24, 2.45) is 0 Å². The molecule has 0 aromatic heterocycles. The van der Waals surface area contributed by atoms with Crippen molar-refractivity contribution in [2.75, 3.05) is 25.4 Å². The van der Waals surface area contributed by atoms with Gasteiger partial charge in [-0.15, -0.1) is 11.8 Å². The van der Waals surface area contributed by atoms with Gasteiger partial charge in [0.1, 0.15) is 5.82 Å². The van der Waals surface area contributed by atoms with E-state index in [0.29, 0.717) is 30.2 Å². The van der Waals surface area contributed by atoms with Crippen LogP contribution in [-0.4, -0.2) is 48.1 Å². The largest absolute Gasteiger partial charge is 0.375 e. The van der Waals surface area contributed by atoms with E-state index >= 15 is 0 Å². The lowest BCUT2D eigenvalue weighted by Crippen LogP contribution is -2.45. The summed E-state index contributed by atoms with van der Waals surface area (Å²) >= 11 is 1.15. The fraction of sp³-hybridized carbons (Fsp3) is 0.467. The minimum absolute atomic E-state index is 0.0230. The lowest BCUT2D eigenvalue weighted by Gasteiger charge is -2.31. The highest BCUT2D eigenvalue weighted by atomic mass is 32.2. The number of rotatable bonds is 4. The summed E-state index contributed by atoms with van der Waals surface area (Å²) in [6.07, 6.45) is 0.0410. The quantitative estimate of drug-likeness (QED) is 0.633. The number of hydrogen-bond acceptors (Lipinski definition) is 4. The number of halogens is 1. The number of Topliss-reactive ketones (excluding diaryl/α,β-unsaturated/α-hetero) is 1. The third kappa shape index (κ3) is 4.28. The van der Waals surface area contributed by atoms with Crippen LogP contribution in [-0.2, 0) is 9.53 Å². The van der Waals surface area contributed by atoms with Crippen LogP contribution in [0, 0.1) is 5.82 Å². The zero-order valence-electron chi connectivity index (χ0n) is 12.1. The normalized spacial score (nSPS) is 18.6. The molecule has 0 radical (unpaired) electrons. The second kappa shape index (κ2) is 7.04. The van der Waals surface area contributed by atoms with Gasteiger partial charge in [0.05, 0.1) is 18.5 Å². The van der Waals surface area contributed by atoms with E-state index in [9.17, 15) is 14.0 Å². The third-order valence-electron chi connectivity index (χ3n) is 3.28. The summed E-state index contributed by atoms with van der Waals surface area (Å²) in [7, 11) is 0.